The van der Waals surface area contributed by atoms with E-state index in [9.17, 15) is 4.79 Å². The molecule has 5 heteroatoms. The lowest BCUT2D eigenvalue weighted by atomic mass is 9.95. The fourth-order valence-electron chi connectivity index (χ4n) is 2.54. The maximum absolute atomic E-state index is 12.4. The van der Waals surface area contributed by atoms with Gasteiger partial charge in [0.2, 0.25) is 0 Å². The number of halogens is 1. The summed E-state index contributed by atoms with van der Waals surface area (Å²) in [6.45, 7) is 2.19. The molecule has 0 aliphatic carbocycles. The summed E-state index contributed by atoms with van der Waals surface area (Å²) < 4.78 is 11.2. The molecule has 2 aromatic carbocycles. The smallest absolute Gasteiger partial charge is 0.287 e. The summed E-state index contributed by atoms with van der Waals surface area (Å²) in [6, 6.07) is 16.6. The van der Waals surface area contributed by atoms with Gasteiger partial charge in [0.25, 0.3) is 5.91 Å². The van der Waals surface area contributed by atoms with Crippen LogP contribution < -0.4 is 5.32 Å². The van der Waals surface area contributed by atoms with Crippen LogP contribution in [0.4, 0.5) is 0 Å². The van der Waals surface area contributed by atoms with E-state index < -0.39 is 5.60 Å². The number of hydrogen-bond acceptors (Lipinski definition) is 3. The van der Waals surface area contributed by atoms with Gasteiger partial charge in [-0.2, -0.15) is 0 Å². The van der Waals surface area contributed by atoms with Gasteiger partial charge >= 0.3 is 0 Å². The molecule has 3 aromatic rings. The Kier molecular flexibility index (Phi) is 4.60. The molecule has 1 atom stereocenters. The minimum absolute atomic E-state index is 0.278. The Labute approximate surface area is 145 Å². The zero-order valence-corrected chi connectivity index (χ0v) is 14.3. The third-order valence-electron chi connectivity index (χ3n) is 4.12. The SMILES string of the molecule is CO[C@@](C)(CNC(=O)c1cc2ccccc2o1)c1cccc(Cl)c1. The zero-order valence-electron chi connectivity index (χ0n) is 13.5. The Morgan fingerprint density at radius 2 is 2.00 bits per heavy atom. The lowest BCUT2D eigenvalue weighted by molar-refractivity contribution is 0.00296. The molecule has 0 saturated carbocycles. The van der Waals surface area contributed by atoms with Gasteiger partial charge < -0.3 is 14.5 Å². The van der Waals surface area contributed by atoms with Crippen molar-refractivity contribution in [2.24, 2.45) is 0 Å². The highest BCUT2D eigenvalue weighted by atomic mass is 35.5. The van der Waals surface area contributed by atoms with Crippen molar-refractivity contribution in [2.75, 3.05) is 13.7 Å². The average molecular weight is 344 g/mol. The van der Waals surface area contributed by atoms with Crippen LogP contribution in [0.15, 0.2) is 59.0 Å². The summed E-state index contributed by atoms with van der Waals surface area (Å²) in [4.78, 5) is 12.4. The highest BCUT2D eigenvalue weighted by molar-refractivity contribution is 6.30. The lowest BCUT2D eigenvalue weighted by Gasteiger charge is -2.29. The molecule has 1 amide bonds. The fraction of sp³-hybridized carbons (Fsp3) is 0.211. The van der Waals surface area contributed by atoms with Gasteiger partial charge in [0, 0.05) is 17.5 Å². The van der Waals surface area contributed by atoms with Crippen LogP contribution >= 0.6 is 11.6 Å². The molecule has 0 radical (unpaired) electrons. The van der Waals surface area contributed by atoms with E-state index in [1.807, 2.05) is 49.4 Å². The predicted molar refractivity (Wildman–Crippen MR) is 94.4 cm³/mol. The highest BCUT2D eigenvalue weighted by Gasteiger charge is 2.28. The fourth-order valence-corrected chi connectivity index (χ4v) is 2.73. The largest absolute Gasteiger partial charge is 0.451 e. The van der Waals surface area contributed by atoms with Crippen LogP contribution in [0.2, 0.25) is 5.02 Å². The maximum Gasteiger partial charge on any atom is 0.287 e. The van der Waals surface area contributed by atoms with Gasteiger partial charge in [0.15, 0.2) is 5.76 Å². The van der Waals surface area contributed by atoms with Gasteiger partial charge in [-0.1, -0.05) is 41.9 Å². The second-order valence-electron chi connectivity index (χ2n) is 5.78. The van der Waals surface area contributed by atoms with Crippen LogP contribution in [0.25, 0.3) is 11.0 Å². The van der Waals surface area contributed by atoms with Crippen LogP contribution in [0, 0.1) is 0 Å². The molecule has 3 rings (SSSR count). The molecular weight excluding hydrogens is 326 g/mol. The number of benzene rings is 2. The molecule has 0 unspecified atom stereocenters. The maximum atomic E-state index is 12.4. The summed E-state index contributed by atoms with van der Waals surface area (Å²) in [6.07, 6.45) is 0. The number of carbonyl (C=O) groups is 1. The molecule has 0 bridgehead atoms. The molecule has 4 nitrogen and oxygen atoms in total. The molecule has 1 heterocycles. The van der Waals surface area contributed by atoms with Crippen LogP contribution in [-0.4, -0.2) is 19.6 Å². The molecule has 0 fully saturated rings. The van der Waals surface area contributed by atoms with E-state index in [1.54, 1.807) is 19.2 Å². The number of carbonyl (C=O) groups excluding carboxylic acids is 1. The van der Waals surface area contributed by atoms with Crippen molar-refractivity contribution < 1.29 is 13.9 Å². The van der Waals surface area contributed by atoms with Crippen molar-refractivity contribution in [3.63, 3.8) is 0 Å². The third-order valence-corrected chi connectivity index (χ3v) is 4.36. The predicted octanol–water partition coefficient (Wildman–Crippen LogP) is 4.38. The lowest BCUT2D eigenvalue weighted by Crippen LogP contribution is -2.40. The van der Waals surface area contributed by atoms with E-state index in [4.69, 9.17) is 20.8 Å². The molecule has 24 heavy (non-hydrogen) atoms. The first-order chi connectivity index (χ1) is 11.5. The molecule has 0 saturated heterocycles. The van der Waals surface area contributed by atoms with Gasteiger partial charge in [-0.05, 0) is 36.8 Å². The van der Waals surface area contributed by atoms with E-state index in [0.717, 1.165) is 10.9 Å². The first-order valence-corrected chi connectivity index (χ1v) is 7.97. The van der Waals surface area contributed by atoms with E-state index in [0.29, 0.717) is 17.2 Å². The van der Waals surface area contributed by atoms with Crippen molar-refractivity contribution in [3.05, 3.63) is 70.9 Å². The number of fused-ring (bicyclic) bond motifs is 1. The summed E-state index contributed by atoms with van der Waals surface area (Å²) in [7, 11) is 1.61. The summed E-state index contributed by atoms with van der Waals surface area (Å²) in [5.74, 6) is -0.00255. The molecule has 0 aliphatic rings. The third kappa shape index (κ3) is 3.30. The van der Waals surface area contributed by atoms with Crippen molar-refractivity contribution in [1.82, 2.24) is 5.32 Å². The number of para-hydroxylation sites is 1. The number of rotatable bonds is 5. The first kappa shape index (κ1) is 16.6. The minimum atomic E-state index is -0.688. The minimum Gasteiger partial charge on any atom is -0.451 e. The monoisotopic (exact) mass is 343 g/mol. The van der Waals surface area contributed by atoms with Crippen molar-refractivity contribution in [3.8, 4) is 0 Å². The highest BCUT2D eigenvalue weighted by Crippen LogP contribution is 2.26. The Morgan fingerprint density at radius 1 is 1.21 bits per heavy atom. The van der Waals surface area contributed by atoms with Gasteiger partial charge in [-0.25, -0.2) is 0 Å². The molecule has 1 aromatic heterocycles. The van der Waals surface area contributed by atoms with E-state index in [1.165, 1.54) is 0 Å². The second-order valence-corrected chi connectivity index (χ2v) is 6.21. The van der Waals surface area contributed by atoms with Crippen molar-refractivity contribution >= 4 is 28.5 Å². The zero-order chi connectivity index (χ0) is 17.2. The number of methoxy groups -OCH3 is 1. The number of furan rings is 1. The van der Waals surface area contributed by atoms with Crippen molar-refractivity contribution in [1.29, 1.82) is 0 Å². The van der Waals surface area contributed by atoms with Crippen LogP contribution in [-0.2, 0) is 10.3 Å². The molecule has 1 N–H and O–H groups in total. The van der Waals surface area contributed by atoms with Crippen molar-refractivity contribution in [2.45, 2.75) is 12.5 Å². The topological polar surface area (TPSA) is 51.5 Å². The Hall–Kier alpha value is -2.30. The summed E-state index contributed by atoms with van der Waals surface area (Å²) in [5, 5.41) is 4.39. The molecule has 0 spiro atoms. The van der Waals surface area contributed by atoms with Gasteiger partial charge in [-0.15, -0.1) is 0 Å². The normalized spacial score (nSPS) is 13.6. The molecule has 0 aliphatic heterocycles. The van der Waals surface area contributed by atoms with Gasteiger partial charge in [0.05, 0.1) is 6.54 Å². The van der Waals surface area contributed by atoms with Crippen LogP contribution in [0.5, 0.6) is 0 Å². The standard InChI is InChI=1S/C19H18ClNO3/c1-19(23-2,14-7-5-8-15(20)11-14)12-21-18(22)17-10-13-6-3-4-9-16(13)24-17/h3-11H,12H2,1-2H3,(H,21,22)/t19-/m0/s1. The summed E-state index contributed by atoms with van der Waals surface area (Å²) in [5.41, 5.74) is 0.890. The second kappa shape index (κ2) is 6.67. The first-order valence-electron chi connectivity index (χ1n) is 7.60. The Balaban J connectivity index is 1.76. The summed E-state index contributed by atoms with van der Waals surface area (Å²) >= 11 is 6.05. The van der Waals surface area contributed by atoms with E-state index in [2.05, 4.69) is 5.32 Å². The van der Waals surface area contributed by atoms with Crippen LogP contribution in [0.1, 0.15) is 23.0 Å². The van der Waals surface area contributed by atoms with E-state index in [-0.39, 0.29) is 11.7 Å². The number of amides is 1. The molecular formula is C19H18ClNO3. The number of ether oxygens (including phenoxy) is 1. The average Bonchev–Trinajstić information content (AvgIpc) is 3.03. The Morgan fingerprint density at radius 3 is 2.71 bits per heavy atom. The Bertz CT molecular complexity index is 841. The number of hydrogen-bond donors (Lipinski definition) is 1. The van der Waals surface area contributed by atoms with E-state index >= 15 is 0 Å². The van der Waals surface area contributed by atoms with Crippen LogP contribution in [0.3, 0.4) is 0 Å². The quantitative estimate of drug-likeness (QED) is 0.748. The number of nitrogens with one attached hydrogen (secondary N) is 1. The van der Waals surface area contributed by atoms with Gasteiger partial charge in [0.1, 0.15) is 11.2 Å². The van der Waals surface area contributed by atoms with Gasteiger partial charge in [-0.3, -0.25) is 4.79 Å². The molecule has 124 valence electrons.